The van der Waals surface area contributed by atoms with Gasteiger partial charge in [-0.25, -0.2) is 9.78 Å². The number of anilines is 2. The molecule has 0 radical (unpaired) electrons. The maximum Gasteiger partial charge on any atom is 0.407 e. The maximum atomic E-state index is 12.2. The average molecular weight is 444 g/mol. The fourth-order valence-electron chi connectivity index (χ4n) is 3.23. The summed E-state index contributed by atoms with van der Waals surface area (Å²) < 4.78 is 9.95. The number of alkyl carbamates (subject to hydrolysis) is 1. The van der Waals surface area contributed by atoms with Crippen molar-refractivity contribution in [2.45, 2.75) is 70.3 Å². The molecular formula is C19H30ClN5O5. The van der Waals surface area contributed by atoms with Crippen molar-refractivity contribution in [3.8, 4) is 0 Å². The Hall–Kier alpha value is -2.17. The Balaban J connectivity index is 2.20. The number of aromatic nitrogens is 2. The molecule has 0 bridgehead atoms. The van der Waals surface area contributed by atoms with E-state index in [2.05, 4.69) is 30.7 Å². The third-order valence-electron chi connectivity index (χ3n) is 4.63. The van der Waals surface area contributed by atoms with E-state index in [1.165, 1.54) is 13.3 Å². The molecule has 1 aliphatic carbocycles. The van der Waals surface area contributed by atoms with Crippen molar-refractivity contribution in [2.75, 3.05) is 24.3 Å². The summed E-state index contributed by atoms with van der Waals surface area (Å²) in [7, 11) is 1.21. The molecule has 1 unspecified atom stereocenters. The zero-order chi connectivity index (χ0) is 22.4. The Morgan fingerprint density at radius 2 is 1.97 bits per heavy atom. The molecule has 1 atom stereocenters. The van der Waals surface area contributed by atoms with Crippen LogP contribution in [0.2, 0.25) is 5.28 Å². The van der Waals surface area contributed by atoms with Crippen LogP contribution in [0.4, 0.5) is 16.3 Å². The number of nitrogens with one attached hydrogen (secondary N) is 3. The predicted molar refractivity (Wildman–Crippen MR) is 112 cm³/mol. The highest BCUT2D eigenvalue weighted by molar-refractivity contribution is 6.28. The van der Waals surface area contributed by atoms with Crippen molar-refractivity contribution in [2.24, 2.45) is 0 Å². The van der Waals surface area contributed by atoms with Crippen LogP contribution < -0.4 is 16.0 Å². The molecule has 2 rings (SSSR count). The Morgan fingerprint density at radius 3 is 2.57 bits per heavy atom. The summed E-state index contributed by atoms with van der Waals surface area (Å²) in [5.74, 6) is -0.476. The fraction of sp³-hybridized carbons (Fsp3) is 0.684. The molecule has 10 nitrogen and oxygen atoms in total. The molecule has 1 aliphatic rings. The van der Waals surface area contributed by atoms with E-state index in [-0.39, 0.29) is 11.0 Å². The van der Waals surface area contributed by atoms with E-state index in [1.54, 1.807) is 20.8 Å². The highest BCUT2D eigenvalue weighted by atomic mass is 35.5. The molecule has 1 heterocycles. The number of hydrogen-bond acceptors (Lipinski definition) is 8. The SMILES string of the molecule is COC(O)C(=O)Nc1cnc(Cl)nc1NC1(CNC(=O)OC(C)(C)C)CCCCC1. The van der Waals surface area contributed by atoms with Gasteiger partial charge in [0.25, 0.3) is 5.91 Å². The molecule has 4 N–H and O–H groups in total. The van der Waals surface area contributed by atoms with Gasteiger partial charge in [0.2, 0.25) is 11.6 Å². The van der Waals surface area contributed by atoms with E-state index in [1.807, 2.05) is 0 Å². The minimum atomic E-state index is -1.63. The number of carbonyl (C=O) groups excluding carboxylic acids is 2. The molecule has 30 heavy (non-hydrogen) atoms. The largest absolute Gasteiger partial charge is 0.444 e. The summed E-state index contributed by atoms with van der Waals surface area (Å²) >= 11 is 5.97. The first-order chi connectivity index (χ1) is 14.0. The van der Waals surface area contributed by atoms with Crippen LogP contribution in [0.3, 0.4) is 0 Å². The van der Waals surface area contributed by atoms with Gasteiger partial charge in [0.05, 0.1) is 11.7 Å². The number of ether oxygens (including phenoxy) is 2. The molecular weight excluding hydrogens is 414 g/mol. The van der Waals surface area contributed by atoms with Gasteiger partial charge in [-0.1, -0.05) is 19.3 Å². The van der Waals surface area contributed by atoms with Crippen LogP contribution in [0, 0.1) is 0 Å². The van der Waals surface area contributed by atoms with Crippen molar-refractivity contribution in [3.63, 3.8) is 0 Å². The minimum Gasteiger partial charge on any atom is -0.444 e. The number of nitrogens with zero attached hydrogens (tertiary/aromatic N) is 2. The summed E-state index contributed by atoms with van der Waals surface area (Å²) in [6.45, 7) is 5.70. The number of halogens is 1. The van der Waals surface area contributed by atoms with Crippen LogP contribution in [0.5, 0.6) is 0 Å². The molecule has 0 spiro atoms. The van der Waals surface area contributed by atoms with Crippen LogP contribution in [-0.2, 0) is 14.3 Å². The average Bonchev–Trinajstić information content (AvgIpc) is 2.67. The lowest BCUT2D eigenvalue weighted by Crippen LogP contribution is -2.51. The molecule has 1 fully saturated rings. The molecule has 11 heteroatoms. The van der Waals surface area contributed by atoms with Gasteiger partial charge in [-0.05, 0) is 45.2 Å². The van der Waals surface area contributed by atoms with Crippen LogP contribution in [-0.4, -0.2) is 58.2 Å². The Morgan fingerprint density at radius 1 is 1.30 bits per heavy atom. The number of rotatable bonds is 7. The summed E-state index contributed by atoms with van der Waals surface area (Å²) in [6.07, 6.45) is 3.77. The van der Waals surface area contributed by atoms with Gasteiger partial charge >= 0.3 is 6.09 Å². The topological polar surface area (TPSA) is 135 Å². The second-order valence-electron chi connectivity index (χ2n) is 8.30. The first kappa shape index (κ1) is 24.1. The zero-order valence-electron chi connectivity index (χ0n) is 17.7. The monoisotopic (exact) mass is 443 g/mol. The Labute approximate surface area is 181 Å². The zero-order valence-corrected chi connectivity index (χ0v) is 18.5. The lowest BCUT2D eigenvalue weighted by molar-refractivity contribution is -0.146. The summed E-state index contributed by atoms with van der Waals surface area (Å²) in [5, 5.41) is 18.2. The van der Waals surface area contributed by atoms with Gasteiger partial charge in [-0.2, -0.15) is 4.98 Å². The minimum absolute atomic E-state index is 0.00569. The number of carbonyl (C=O) groups is 2. The Bertz CT molecular complexity index is 749. The van der Waals surface area contributed by atoms with E-state index in [0.29, 0.717) is 12.4 Å². The predicted octanol–water partition coefficient (Wildman–Crippen LogP) is 2.67. The van der Waals surface area contributed by atoms with Crippen molar-refractivity contribution in [3.05, 3.63) is 11.5 Å². The lowest BCUT2D eigenvalue weighted by Gasteiger charge is -2.39. The molecule has 1 saturated carbocycles. The first-order valence-corrected chi connectivity index (χ1v) is 10.2. The van der Waals surface area contributed by atoms with Gasteiger partial charge in [-0.15, -0.1) is 0 Å². The fourth-order valence-corrected chi connectivity index (χ4v) is 3.36. The highest BCUT2D eigenvalue weighted by Crippen LogP contribution is 2.33. The van der Waals surface area contributed by atoms with Gasteiger partial charge in [0.15, 0.2) is 5.82 Å². The third-order valence-corrected chi connectivity index (χ3v) is 4.81. The van der Waals surface area contributed by atoms with Gasteiger partial charge in [0.1, 0.15) is 11.3 Å². The molecule has 168 valence electrons. The van der Waals surface area contributed by atoms with E-state index in [9.17, 15) is 14.7 Å². The molecule has 0 aliphatic heterocycles. The molecule has 2 amide bonds. The summed E-state index contributed by atoms with van der Waals surface area (Å²) in [4.78, 5) is 32.3. The van der Waals surface area contributed by atoms with Crippen LogP contribution in [0.25, 0.3) is 0 Å². The summed E-state index contributed by atoms with van der Waals surface area (Å²) in [5.41, 5.74) is -0.869. The van der Waals surface area contributed by atoms with Crippen molar-refractivity contribution < 1.29 is 24.2 Å². The Kier molecular flexibility index (Phi) is 8.22. The second kappa shape index (κ2) is 10.2. The van der Waals surface area contributed by atoms with Crippen LogP contribution in [0.15, 0.2) is 6.20 Å². The number of hydrogen-bond donors (Lipinski definition) is 4. The lowest BCUT2D eigenvalue weighted by atomic mass is 9.81. The highest BCUT2D eigenvalue weighted by Gasteiger charge is 2.34. The third kappa shape index (κ3) is 7.26. The molecule has 0 saturated heterocycles. The van der Waals surface area contributed by atoms with Crippen LogP contribution in [0.1, 0.15) is 52.9 Å². The van der Waals surface area contributed by atoms with Crippen molar-refractivity contribution in [1.82, 2.24) is 15.3 Å². The van der Waals surface area contributed by atoms with E-state index >= 15 is 0 Å². The summed E-state index contributed by atoms with van der Waals surface area (Å²) in [6, 6.07) is 0. The number of amides is 2. The van der Waals surface area contributed by atoms with Gasteiger partial charge < -0.3 is 30.5 Å². The smallest absolute Gasteiger partial charge is 0.407 e. The molecule has 1 aromatic heterocycles. The number of aliphatic hydroxyl groups is 1. The van der Waals surface area contributed by atoms with Crippen molar-refractivity contribution >= 4 is 35.1 Å². The maximum absolute atomic E-state index is 12.2. The van der Waals surface area contributed by atoms with Gasteiger partial charge in [0, 0.05) is 13.7 Å². The standard InChI is InChI=1S/C19H30ClN5O5/c1-18(2,3)30-17(28)22-11-19(8-6-5-7-9-19)25-13-12(10-21-16(20)24-13)23-14(26)15(27)29-4/h10,15,27H,5-9,11H2,1-4H3,(H,22,28)(H,23,26)(H,21,24,25). The van der Waals surface area contributed by atoms with Crippen molar-refractivity contribution in [1.29, 1.82) is 0 Å². The van der Waals surface area contributed by atoms with Gasteiger partial charge in [-0.3, -0.25) is 4.79 Å². The quantitative estimate of drug-likeness (QED) is 0.373. The number of aliphatic hydroxyl groups excluding tert-OH is 1. The second-order valence-corrected chi connectivity index (χ2v) is 8.64. The van der Waals surface area contributed by atoms with E-state index in [0.717, 1.165) is 32.1 Å². The first-order valence-electron chi connectivity index (χ1n) is 9.83. The van der Waals surface area contributed by atoms with E-state index < -0.39 is 29.4 Å². The number of methoxy groups -OCH3 is 1. The molecule has 1 aromatic rings. The normalized spacial score (nSPS) is 17.0. The van der Waals surface area contributed by atoms with E-state index in [4.69, 9.17) is 16.3 Å². The van der Waals surface area contributed by atoms with Crippen LogP contribution >= 0.6 is 11.6 Å². The molecule has 0 aromatic carbocycles.